The normalized spacial score (nSPS) is 20.1. The summed E-state index contributed by atoms with van der Waals surface area (Å²) in [6.45, 7) is 8.37. The minimum Gasteiger partial charge on any atom is -0.343 e. The van der Waals surface area contributed by atoms with Crippen molar-refractivity contribution in [3.63, 3.8) is 0 Å². The average molecular weight is 422 g/mol. The Bertz CT molecular complexity index is 1000. The van der Waals surface area contributed by atoms with Crippen LogP contribution >= 0.6 is 0 Å². The third kappa shape index (κ3) is 5.16. The molecule has 4 rings (SSSR count). The van der Waals surface area contributed by atoms with E-state index in [1.165, 1.54) is 23.9 Å². The molecule has 1 aliphatic heterocycles. The minimum absolute atomic E-state index is 0.0914. The van der Waals surface area contributed by atoms with Crippen LogP contribution in [-0.4, -0.2) is 34.5 Å². The molecule has 1 saturated heterocycles. The van der Waals surface area contributed by atoms with Crippen LogP contribution in [0.4, 0.5) is 4.39 Å². The van der Waals surface area contributed by atoms with Crippen LogP contribution in [0.5, 0.6) is 0 Å². The maximum Gasteiger partial charge on any atom is 0.227 e. The molecule has 4 nitrogen and oxygen atoms in total. The molecule has 2 aromatic rings. The smallest absolute Gasteiger partial charge is 0.227 e. The predicted octanol–water partition coefficient (Wildman–Crippen LogP) is 5.12. The molecule has 1 saturated carbocycles. The van der Waals surface area contributed by atoms with Crippen LogP contribution < -0.4 is 5.32 Å². The minimum atomic E-state index is -0.229. The van der Waals surface area contributed by atoms with Crippen LogP contribution in [-0.2, 0) is 17.9 Å². The maximum absolute atomic E-state index is 13.3. The van der Waals surface area contributed by atoms with Crippen molar-refractivity contribution in [1.82, 2.24) is 14.8 Å². The van der Waals surface area contributed by atoms with Crippen molar-refractivity contribution in [3.8, 4) is 0 Å². The van der Waals surface area contributed by atoms with Crippen molar-refractivity contribution in [2.24, 2.45) is 5.92 Å². The second-order valence-electron chi connectivity index (χ2n) is 8.74. The highest BCUT2D eigenvalue weighted by Crippen LogP contribution is 2.33. The Labute approximate surface area is 184 Å². The molecule has 0 bridgehead atoms. The third-order valence-corrected chi connectivity index (χ3v) is 6.27. The lowest BCUT2D eigenvalue weighted by molar-refractivity contribution is -0.137. The van der Waals surface area contributed by atoms with Crippen molar-refractivity contribution in [2.75, 3.05) is 13.1 Å². The molecule has 164 valence electrons. The summed E-state index contributed by atoms with van der Waals surface area (Å²) in [4.78, 5) is 15.4. The Hall–Kier alpha value is -2.66. The van der Waals surface area contributed by atoms with Gasteiger partial charge in [-0.2, -0.15) is 0 Å². The molecule has 0 unspecified atom stereocenters. The quantitative estimate of drug-likeness (QED) is 0.601. The predicted molar refractivity (Wildman–Crippen MR) is 124 cm³/mol. The molecule has 1 aromatic heterocycles. The van der Waals surface area contributed by atoms with Gasteiger partial charge in [-0.25, -0.2) is 4.39 Å². The van der Waals surface area contributed by atoms with Gasteiger partial charge in [-0.15, -0.1) is 0 Å². The lowest BCUT2D eigenvalue weighted by Crippen LogP contribution is -2.43. The Morgan fingerprint density at radius 3 is 2.77 bits per heavy atom. The molecule has 1 aliphatic carbocycles. The summed E-state index contributed by atoms with van der Waals surface area (Å²) in [6.07, 6.45) is 11.4. The molecule has 0 spiro atoms. The number of amides is 1. The van der Waals surface area contributed by atoms with Crippen LogP contribution in [0.25, 0.3) is 10.9 Å². The Balaban J connectivity index is 1.61. The molecule has 1 amide bonds. The van der Waals surface area contributed by atoms with Crippen LogP contribution in [0, 0.1) is 5.92 Å². The summed E-state index contributed by atoms with van der Waals surface area (Å²) >= 11 is 0. The number of para-hydroxylation sites is 1. The fraction of sp³-hybridized carbons (Fsp3) is 0.423. The van der Waals surface area contributed by atoms with Crippen LogP contribution in [0.3, 0.4) is 0 Å². The number of carbonyl (C=O) groups is 1. The topological polar surface area (TPSA) is 37.3 Å². The largest absolute Gasteiger partial charge is 0.343 e. The lowest BCUT2D eigenvalue weighted by atomic mass is 9.97. The Morgan fingerprint density at radius 1 is 1.29 bits per heavy atom. The monoisotopic (exact) mass is 421 g/mol. The van der Waals surface area contributed by atoms with E-state index in [9.17, 15) is 9.18 Å². The molecule has 5 heteroatoms. The Kier molecular flexibility index (Phi) is 6.71. The zero-order valence-corrected chi connectivity index (χ0v) is 18.3. The van der Waals surface area contributed by atoms with E-state index in [-0.39, 0.29) is 11.7 Å². The summed E-state index contributed by atoms with van der Waals surface area (Å²) in [6, 6.07) is 8.68. The van der Waals surface area contributed by atoms with E-state index in [2.05, 4.69) is 39.7 Å². The maximum atomic E-state index is 13.3. The zero-order valence-electron chi connectivity index (χ0n) is 18.3. The first-order valence-corrected chi connectivity index (χ1v) is 11.3. The van der Waals surface area contributed by atoms with E-state index in [1.807, 2.05) is 12.1 Å². The molecule has 1 atom stereocenters. The first kappa shape index (κ1) is 21.6. The number of piperidine rings is 1. The molecular formula is C26H32FN3O. The van der Waals surface area contributed by atoms with Gasteiger partial charge >= 0.3 is 0 Å². The first-order valence-electron chi connectivity index (χ1n) is 11.3. The summed E-state index contributed by atoms with van der Waals surface area (Å²) in [5.74, 6) is 0.156. The van der Waals surface area contributed by atoms with Gasteiger partial charge in [0.2, 0.25) is 5.91 Å². The molecule has 1 N–H and O–H groups in total. The second kappa shape index (κ2) is 9.65. The van der Waals surface area contributed by atoms with E-state index in [1.54, 1.807) is 12.2 Å². The van der Waals surface area contributed by atoms with Crippen molar-refractivity contribution in [2.45, 2.75) is 51.7 Å². The van der Waals surface area contributed by atoms with E-state index in [0.29, 0.717) is 25.0 Å². The SMILES string of the molecule is C=C/C(=C\C=C(/C)F)Cn1cc(CN(C(=O)[C@@H]2CCCNC2)C2CC2)c2ccccc21. The molecule has 0 radical (unpaired) electrons. The first-order chi connectivity index (χ1) is 15.1. The number of allylic oxidation sites excluding steroid dienone is 5. The number of nitrogens with one attached hydrogen (secondary N) is 1. The van der Waals surface area contributed by atoms with E-state index in [4.69, 9.17) is 0 Å². The number of nitrogens with zero attached hydrogens (tertiary/aromatic N) is 2. The fourth-order valence-corrected chi connectivity index (χ4v) is 4.44. The van der Waals surface area contributed by atoms with Crippen molar-refractivity contribution in [3.05, 3.63) is 72.2 Å². The second-order valence-corrected chi connectivity index (χ2v) is 8.74. The molecule has 1 aromatic carbocycles. The van der Waals surface area contributed by atoms with Gasteiger partial charge < -0.3 is 14.8 Å². The highest BCUT2D eigenvalue weighted by atomic mass is 19.1. The van der Waals surface area contributed by atoms with Crippen molar-refractivity contribution < 1.29 is 9.18 Å². The summed E-state index contributed by atoms with van der Waals surface area (Å²) in [7, 11) is 0. The summed E-state index contributed by atoms with van der Waals surface area (Å²) in [5, 5.41) is 4.55. The van der Waals surface area contributed by atoms with E-state index >= 15 is 0 Å². The number of aromatic nitrogens is 1. The fourth-order valence-electron chi connectivity index (χ4n) is 4.44. The van der Waals surface area contributed by atoms with Gasteiger partial charge in [0.1, 0.15) is 0 Å². The number of carbonyl (C=O) groups excluding carboxylic acids is 1. The van der Waals surface area contributed by atoms with Crippen LogP contribution in [0.1, 0.15) is 38.2 Å². The highest BCUT2D eigenvalue weighted by molar-refractivity contribution is 5.85. The van der Waals surface area contributed by atoms with Gasteiger partial charge in [0, 0.05) is 42.8 Å². The van der Waals surface area contributed by atoms with Gasteiger partial charge in [0.05, 0.1) is 11.7 Å². The number of rotatable bonds is 8. The van der Waals surface area contributed by atoms with E-state index in [0.717, 1.165) is 49.9 Å². The number of fused-ring (bicyclic) bond motifs is 1. The Morgan fingerprint density at radius 2 is 2.10 bits per heavy atom. The van der Waals surface area contributed by atoms with Crippen LogP contribution in [0.15, 0.2) is 66.7 Å². The molecule has 2 aliphatic rings. The number of hydrogen-bond acceptors (Lipinski definition) is 2. The third-order valence-electron chi connectivity index (χ3n) is 6.27. The average Bonchev–Trinajstić information content (AvgIpc) is 3.58. The van der Waals surface area contributed by atoms with Gasteiger partial charge in [-0.05, 0) is 62.4 Å². The van der Waals surface area contributed by atoms with Gasteiger partial charge in [-0.3, -0.25) is 4.79 Å². The number of benzene rings is 1. The molecular weight excluding hydrogens is 389 g/mol. The van der Waals surface area contributed by atoms with Crippen molar-refractivity contribution in [1.29, 1.82) is 0 Å². The molecule has 2 heterocycles. The van der Waals surface area contributed by atoms with Gasteiger partial charge in [0.25, 0.3) is 0 Å². The van der Waals surface area contributed by atoms with Crippen molar-refractivity contribution >= 4 is 16.8 Å². The summed E-state index contributed by atoms with van der Waals surface area (Å²) < 4.78 is 15.4. The van der Waals surface area contributed by atoms with Gasteiger partial charge in [0.15, 0.2) is 0 Å². The number of halogens is 1. The lowest BCUT2D eigenvalue weighted by Gasteiger charge is -2.29. The zero-order chi connectivity index (χ0) is 21.8. The molecule has 31 heavy (non-hydrogen) atoms. The molecule has 2 fully saturated rings. The standard InChI is InChI=1S/C26H32FN3O/c1-3-20(11-10-19(2)27)16-29-17-22(24-8-4-5-9-25(24)29)18-30(23-12-13-23)26(31)21-7-6-14-28-15-21/h3-5,8-11,17,21,23,28H,1,6-7,12-16,18H2,2H3/b19-10+,20-11+/t21-/m1/s1. The summed E-state index contributed by atoms with van der Waals surface area (Å²) in [5.41, 5.74) is 3.22. The van der Waals surface area contributed by atoms with Crippen LogP contribution in [0.2, 0.25) is 0 Å². The highest BCUT2D eigenvalue weighted by Gasteiger charge is 2.36. The van der Waals surface area contributed by atoms with Gasteiger partial charge in [-0.1, -0.05) is 36.9 Å². The number of hydrogen-bond donors (Lipinski definition) is 1. The van der Waals surface area contributed by atoms with E-state index < -0.39 is 0 Å².